The van der Waals surface area contributed by atoms with Crippen molar-refractivity contribution in [1.29, 1.82) is 0 Å². The number of aliphatic imine (C=N–C) groups is 1. The molecule has 0 fully saturated rings. The second-order valence-corrected chi connectivity index (χ2v) is 4.89. The third-order valence-corrected chi connectivity index (χ3v) is 3.10. The van der Waals surface area contributed by atoms with E-state index in [1.807, 2.05) is 6.92 Å². The van der Waals surface area contributed by atoms with Crippen molar-refractivity contribution in [1.82, 2.24) is 10.6 Å². The number of rotatable bonds is 9. The van der Waals surface area contributed by atoms with Gasteiger partial charge in [-0.15, -0.1) is 24.0 Å². The van der Waals surface area contributed by atoms with Crippen molar-refractivity contribution in [2.24, 2.45) is 10.7 Å². The molecule has 0 unspecified atom stereocenters. The zero-order valence-electron chi connectivity index (χ0n) is 13.2. The van der Waals surface area contributed by atoms with Crippen molar-refractivity contribution in [3.8, 4) is 0 Å². The molecule has 0 aliphatic heterocycles. The van der Waals surface area contributed by atoms with Gasteiger partial charge in [-0.1, -0.05) is 23.7 Å². The summed E-state index contributed by atoms with van der Waals surface area (Å²) in [6.45, 7) is 4.89. The van der Waals surface area contributed by atoms with Crippen LogP contribution < -0.4 is 16.4 Å². The van der Waals surface area contributed by atoms with Crippen molar-refractivity contribution >= 4 is 47.4 Å². The van der Waals surface area contributed by atoms with E-state index in [0.717, 1.165) is 6.42 Å². The van der Waals surface area contributed by atoms with Crippen LogP contribution in [-0.4, -0.2) is 44.7 Å². The van der Waals surface area contributed by atoms with Crippen LogP contribution in [0.5, 0.6) is 0 Å². The first-order valence-electron chi connectivity index (χ1n) is 7.29. The molecule has 0 heterocycles. The van der Waals surface area contributed by atoms with Crippen molar-refractivity contribution in [2.75, 3.05) is 32.8 Å². The second kappa shape index (κ2) is 13.4. The van der Waals surface area contributed by atoms with Crippen molar-refractivity contribution in [3.63, 3.8) is 0 Å². The number of carbonyl (C=O) groups excluding carboxylic acids is 1. The fourth-order valence-electron chi connectivity index (χ4n) is 1.67. The van der Waals surface area contributed by atoms with Crippen LogP contribution in [-0.2, 0) is 4.74 Å². The van der Waals surface area contributed by atoms with Crippen LogP contribution in [0.15, 0.2) is 29.3 Å². The van der Waals surface area contributed by atoms with Crippen molar-refractivity contribution < 1.29 is 9.53 Å². The summed E-state index contributed by atoms with van der Waals surface area (Å²) in [5, 5.41) is 6.13. The SMILES string of the molecule is CCOCCCN=C(N)NCCNC(=O)c1ccccc1Cl.I. The molecule has 0 bridgehead atoms. The van der Waals surface area contributed by atoms with Crippen LogP contribution >= 0.6 is 35.6 Å². The predicted molar refractivity (Wildman–Crippen MR) is 105 cm³/mol. The maximum Gasteiger partial charge on any atom is 0.252 e. The number of nitrogens with one attached hydrogen (secondary N) is 2. The quantitative estimate of drug-likeness (QED) is 0.230. The molecular weight excluding hydrogens is 431 g/mol. The summed E-state index contributed by atoms with van der Waals surface area (Å²) in [5.74, 6) is 0.156. The molecule has 130 valence electrons. The van der Waals surface area contributed by atoms with Crippen LogP contribution in [0.2, 0.25) is 5.02 Å². The second-order valence-electron chi connectivity index (χ2n) is 4.48. The number of nitrogens with zero attached hydrogens (tertiary/aromatic N) is 1. The fourth-order valence-corrected chi connectivity index (χ4v) is 1.90. The maximum atomic E-state index is 11.9. The highest BCUT2D eigenvalue weighted by atomic mass is 127. The first kappa shape index (κ1) is 21.9. The molecule has 0 aromatic heterocycles. The lowest BCUT2D eigenvalue weighted by Crippen LogP contribution is -2.38. The summed E-state index contributed by atoms with van der Waals surface area (Å²) in [5.41, 5.74) is 6.16. The molecule has 6 nitrogen and oxygen atoms in total. The molecule has 0 atom stereocenters. The molecule has 4 N–H and O–H groups in total. The van der Waals surface area contributed by atoms with Gasteiger partial charge in [0.15, 0.2) is 5.96 Å². The van der Waals surface area contributed by atoms with Crippen molar-refractivity contribution in [3.05, 3.63) is 34.9 Å². The Morgan fingerprint density at radius 3 is 2.70 bits per heavy atom. The predicted octanol–water partition coefficient (Wildman–Crippen LogP) is 2.02. The molecule has 1 rings (SSSR count). The van der Waals surface area contributed by atoms with E-state index in [0.29, 0.717) is 49.4 Å². The topological polar surface area (TPSA) is 88.7 Å². The molecule has 0 saturated heterocycles. The average molecular weight is 455 g/mol. The zero-order valence-corrected chi connectivity index (χ0v) is 16.3. The molecule has 1 aromatic rings. The molecular formula is C15H24ClIN4O2. The Bertz CT molecular complexity index is 500. The third kappa shape index (κ3) is 9.62. The highest BCUT2D eigenvalue weighted by Crippen LogP contribution is 2.14. The third-order valence-electron chi connectivity index (χ3n) is 2.77. The molecule has 0 saturated carbocycles. The molecule has 0 aliphatic carbocycles. The summed E-state index contributed by atoms with van der Waals surface area (Å²) < 4.78 is 5.20. The standard InChI is InChI=1S/C15H23ClN4O2.HI/c1-2-22-11-5-8-19-15(17)20-10-9-18-14(21)12-6-3-4-7-13(12)16;/h3-4,6-7H,2,5,8-11H2,1H3,(H,18,21)(H3,17,19,20);1H. The summed E-state index contributed by atoms with van der Waals surface area (Å²) in [6, 6.07) is 6.91. The number of amides is 1. The maximum absolute atomic E-state index is 11.9. The Morgan fingerprint density at radius 2 is 2.00 bits per heavy atom. The van der Waals surface area contributed by atoms with Gasteiger partial charge < -0.3 is 21.1 Å². The van der Waals surface area contributed by atoms with E-state index < -0.39 is 0 Å². The summed E-state index contributed by atoms with van der Waals surface area (Å²) in [4.78, 5) is 16.0. The lowest BCUT2D eigenvalue weighted by molar-refractivity contribution is 0.0954. The van der Waals surface area contributed by atoms with Gasteiger partial charge in [0.25, 0.3) is 5.91 Å². The number of halogens is 2. The molecule has 1 amide bonds. The lowest BCUT2D eigenvalue weighted by atomic mass is 10.2. The van der Waals surface area contributed by atoms with Crippen LogP contribution in [0.1, 0.15) is 23.7 Å². The minimum absolute atomic E-state index is 0. The fraction of sp³-hybridized carbons (Fsp3) is 0.467. The Kier molecular flexibility index (Phi) is 12.8. The average Bonchev–Trinajstić information content (AvgIpc) is 2.51. The van der Waals surface area contributed by atoms with Crippen LogP contribution in [0.4, 0.5) is 0 Å². The number of benzene rings is 1. The van der Waals surface area contributed by atoms with Gasteiger partial charge in [0, 0.05) is 32.8 Å². The van der Waals surface area contributed by atoms with Gasteiger partial charge in [0.05, 0.1) is 10.6 Å². The van der Waals surface area contributed by atoms with Crippen molar-refractivity contribution in [2.45, 2.75) is 13.3 Å². The van der Waals surface area contributed by atoms with Crippen LogP contribution in [0.25, 0.3) is 0 Å². The van der Waals surface area contributed by atoms with Crippen LogP contribution in [0, 0.1) is 0 Å². The molecule has 23 heavy (non-hydrogen) atoms. The minimum Gasteiger partial charge on any atom is -0.382 e. The summed E-state index contributed by atoms with van der Waals surface area (Å²) in [6.07, 6.45) is 0.833. The Morgan fingerprint density at radius 1 is 1.30 bits per heavy atom. The van der Waals surface area contributed by atoms with Gasteiger partial charge >= 0.3 is 0 Å². The molecule has 0 spiro atoms. The van der Waals surface area contributed by atoms with E-state index in [1.54, 1.807) is 24.3 Å². The number of ether oxygens (including phenoxy) is 1. The van der Waals surface area contributed by atoms with Gasteiger partial charge in [-0.05, 0) is 25.5 Å². The van der Waals surface area contributed by atoms with E-state index in [-0.39, 0.29) is 29.9 Å². The zero-order chi connectivity index (χ0) is 16.2. The monoisotopic (exact) mass is 454 g/mol. The normalized spacial score (nSPS) is 10.8. The highest BCUT2D eigenvalue weighted by molar-refractivity contribution is 14.0. The largest absolute Gasteiger partial charge is 0.382 e. The summed E-state index contributed by atoms with van der Waals surface area (Å²) >= 11 is 5.95. The molecule has 0 radical (unpaired) electrons. The van der Waals surface area contributed by atoms with Gasteiger partial charge in [0.2, 0.25) is 0 Å². The van der Waals surface area contributed by atoms with E-state index >= 15 is 0 Å². The van der Waals surface area contributed by atoms with Gasteiger partial charge in [-0.25, -0.2) is 0 Å². The Labute approximate surface area is 159 Å². The lowest BCUT2D eigenvalue weighted by Gasteiger charge is -2.08. The first-order chi connectivity index (χ1) is 10.6. The van der Waals surface area contributed by atoms with E-state index in [2.05, 4.69) is 15.6 Å². The Hall–Kier alpha value is -1.06. The highest BCUT2D eigenvalue weighted by Gasteiger charge is 2.08. The number of guanidine groups is 1. The van der Waals surface area contributed by atoms with Gasteiger partial charge in [-0.2, -0.15) is 0 Å². The van der Waals surface area contributed by atoms with Crippen LogP contribution in [0.3, 0.4) is 0 Å². The van der Waals surface area contributed by atoms with E-state index in [4.69, 9.17) is 22.1 Å². The molecule has 0 aliphatic rings. The van der Waals surface area contributed by atoms with Gasteiger partial charge in [-0.3, -0.25) is 9.79 Å². The van der Waals surface area contributed by atoms with Gasteiger partial charge in [0.1, 0.15) is 0 Å². The Balaban J connectivity index is 0.00000484. The number of hydrogen-bond acceptors (Lipinski definition) is 3. The summed E-state index contributed by atoms with van der Waals surface area (Å²) in [7, 11) is 0. The number of hydrogen-bond donors (Lipinski definition) is 3. The van der Waals surface area contributed by atoms with E-state index in [9.17, 15) is 4.79 Å². The van der Waals surface area contributed by atoms with E-state index in [1.165, 1.54) is 0 Å². The molecule has 1 aromatic carbocycles. The minimum atomic E-state index is -0.209. The first-order valence-corrected chi connectivity index (χ1v) is 7.67. The smallest absolute Gasteiger partial charge is 0.252 e. The number of carbonyl (C=O) groups is 1. The molecule has 8 heteroatoms. The number of nitrogens with two attached hydrogens (primary N) is 1.